The molecule has 1 saturated heterocycles. The van der Waals surface area contributed by atoms with Gasteiger partial charge in [-0.2, -0.15) is 5.26 Å². The number of nitrogens with zero attached hydrogens (tertiary/aromatic N) is 3. The Balaban J connectivity index is 1.76. The van der Waals surface area contributed by atoms with E-state index >= 15 is 0 Å². The molecule has 0 bridgehead atoms. The molecule has 1 aliphatic rings. The van der Waals surface area contributed by atoms with Crippen LogP contribution in [0.2, 0.25) is 0 Å². The number of hydrogen-bond donors (Lipinski definition) is 0. The normalized spacial score (nSPS) is 15.4. The summed E-state index contributed by atoms with van der Waals surface area (Å²) in [6.45, 7) is 6.51. The van der Waals surface area contributed by atoms with Crippen LogP contribution in [0.25, 0.3) is 11.0 Å². The lowest BCUT2D eigenvalue weighted by Crippen LogP contribution is -2.41. The molecule has 1 aromatic carbocycles. The van der Waals surface area contributed by atoms with E-state index in [-0.39, 0.29) is 5.63 Å². The van der Waals surface area contributed by atoms with Crippen molar-refractivity contribution in [1.82, 2.24) is 9.80 Å². The van der Waals surface area contributed by atoms with Crippen molar-refractivity contribution in [2.75, 3.05) is 45.9 Å². The number of nitriles is 1. The van der Waals surface area contributed by atoms with Gasteiger partial charge in [0.15, 0.2) is 0 Å². The minimum absolute atomic E-state index is 0.348. The first-order chi connectivity index (χ1) is 12.7. The van der Waals surface area contributed by atoms with Crippen LogP contribution in [-0.4, -0.2) is 55.7 Å². The van der Waals surface area contributed by atoms with E-state index in [2.05, 4.69) is 31.8 Å². The average molecular weight is 420 g/mol. The first kappa shape index (κ1) is 19.1. The zero-order valence-electron chi connectivity index (χ0n) is 14.6. The molecule has 0 radical (unpaired) electrons. The number of hydrogen-bond acceptors (Lipinski definition) is 6. The molecule has 0 spiro atoms. The molecule has 2 heterocycles. The molecule has 0 unspecified atom stereocenters. The van der Waals surface area contributed by atoms with Gasteiger partial charge in [-0.05, 0) is 23.8 Å². The molecule has 0 saturated carbocycles. The summed E-state index contributed by atoms with van der Waals surface area (Å²) in [6, 6.07) is 9.49. The second-order valence-electron chi connectivity index (χ2n) is 6.37. The maximum atomic E-state index is 11.9. The summed E-state index contributed by atoms with van der Waals surface area (Å²) in [7, 11) is 0. The van der Waals surface area contributed by atoms with Crippen molar-refractivity contribution in [3.05, 3.63) is 44.7 Å². The molecule has 1 aliphatic heterocycles. The Bertz CT molecular complexity index is 840. The lowest BCUT2D eigenvalue weighted by Gasteiger charge is -2.30. The molecule has 0 amide bonds. The molecule has 3 rings (SSSR count). The summed E-state index contributed by atoms with van der Waals surface area (Å²) in [6.07, 6.45) is 0.466. The first-order valence-corrected chi connectivity index (χ1v) is 9.57. The van der Waals surface area contributed by atoms with E-state index in [0.29, 0.717) is 25.1 Å². The van der Waals surface area contributed by atoms with Gasteiger partial charge in [0.25, 0.3) is 0 Å². The van der Waals surface area contributed by atoms with Crippen molar-refractivity contribution >= 4 is 26.9 Å². The van der Waals surface area contributed by atoms with Crippen molar-refractivity contribution in [3.8, 4) is 6.07 Å². The van der Waals surface area contributed by atoms with E-state index in [1.165, 1.54) is 0 Å². The molecule has 26 heavy (non-hydrogen) atoms. The summed E-state index contributed by atoms with van der Waals surface area (Å²) in [5.74, 6) is 0. The number of benzene rings is 1. The third-order valence-corrected chi connectivity index (χ3v) is 5.06. The van der Waals surface area contributed by atoms with Gasteiger partial charge in [0.1, 0.15) is 5.58 Å². The molecule has 6 nitrogen and oxygen atoms in total. The molecule has 0 aliphatic carbocycles. The monoisotopic (exact) mass is 419 g/mol. The lowest BCUT2D eigenvalue weighted by atomic mass is 10.1. The standard InChI is InChI=1S/C19H22BrN3O3/c20-16-2-3-17-15(12-19(24)26-18(17)13-16)14-23(5-1-4-21)7-6-22-8-10-25-11-9-22/h2-3,12-13H,1,5-11,14H2. The molecule has 2 aromatic rings. The van der Waals surface area contributed by atoms with Gasteiger partial charge in [-0.3, -0.25) is 9.80 Å². The Morgan fingerprint density at radius 3 is 2.81 bits per heavy atom. The van der Waals surface area contributed by atoms with Crippen LogP contribution >= 0.6 is 15.9 Å². The van der Waals surface area contributed by atoms with Crippen LogP contribution in [0.3, 0.4) is 0 Å². The Kier molecular flexibility index (Phi) is 6.80. The predicted octanol–water partition coefficient (Wildman–Crippen LogP) is 2.60. The van der Waals surface area contributed by atoms with E-state index < -0.39 is 0 Å². The molecule has 0 atom stereocenters. The van der Waals surface area contributed by atoms with Crippen molar-refractivity contribution in [1.29, 1.82) is 5.26 Å². The van der Waals surface area contributed by atoms with E-state index in [0.717, 1.165) is 54.8 Å². The highest BCUT2D eigenvalue weighted by molar-refractivity contribution is 9.10. The summed E-state index contributed by atoms with van der Waals surface area (Å²) in [5, 5.41) is 9.90. The number of morpholine rings is 1. The maximum absolute atomic E-state index is 11.9. The van der Waals surface area contributed by atoms with Crippen molar-refractivity contribution < 1.29 is 9.15 Å². The lowest BCUT2D eigenvalue weighted by molar-refractivity contribution is 0.0330. The third-order valence-electron chi connectivity index (χ3n) is 4.56. The fourth-order valence-corrected chi connectivity index (χ4v) is 3.50. The Morgan fingerprint density at radius 2 is 2.04 bits per heavy atom. The minimum Gasteiger partial charge on any atom is -0.423 e. The smallest absolute Gasteiger partial charge is 0.336 e. The van der Waals surface area contributed by atoms with Crippen LogP contribution in [0.5, 0.6) is 0 Å². The number of halogens is 1. The highest BCUT2D eigenvalue weighted by atomic mass is 79.9. The summed E-state index contributed by atoms with van der Waals surface area (Å²) in [4.78, 5) is 16.5. The van der Waals surface area contributed by atoms with Gasteiger partial charge in [-0.1, -0.05) is 15.9 Å². The number of ether oxygens (including phenoxy) is 1. The molecule has 7 heteroatoms. The second kappa shape index (κ2) is 9.28. The molecular formula is C19H22BrN3O3. The number of rotatable bonds is 7. The minimum atomic E-state index is -0.348. The van der Waals surface area contributed by atoms with E-state index in [4.69, 9.17) is 14.4 Å². The van der Waals surface area contributed by atoms with Gasteiger partial charge in [0, 0.05) is 61.6 Å². The third kappa shape index (κ3) is 5.15. The topological polar surface area (TPSA) is 69.7 Å². The van der Waals surface area contributed by atoms with Gasteiger partial charge in [-0.25, -0.2) is 4.79 Å². The first-order valence-electron chi connectivity index (χ1n) is 8.77. The van der Waals surface area contributed by atoms with Gasteiger partial charge < -0.3 is 9.15 Å². The van der Waals surface area contributed by atoms with Gasteiger partial charge in [0.2, 0.25) is 0 Å². The summed E-state index contributed by atoms with van der Waals surface area (Å²) in [5.41, 5.74) is 1.16. The Morgan fingerprint density at radius 1 is 1.23 bits per heavy atom. The van der Waals surface area contributed by atoms with E-state index in [9.17, 15) is 4.79 Å². The van der Waals surface area contributed by atoms with Crippen LogP contribution in [0.15, 0.2) is 37.9 Å². The highest BCUT2D eigenvalue weighted by Crippen LogP contribution is 2.22. The zero-order valence-corrected chi connectivity index (χ0v) is 16.2. The van der Waals surface area contributed by atoms with E-state index in [1.54, 1.807) is 6.07 Å². The molecule has 0 N–H and O–H groups in total. The van der Waals surface area contributed by atoms with Crippen molar-refractivity contribution in [2.24, 2.45) is 0 Å². The van der Waals surface area contributed by atoms with Crippen LogP contribution in [0.4, 0.5) is 0 Å². The molecule has 138 valence electrons. The average Bonchev–Trinajstić information content (AvgIpc) is 2.64. The SMILES string of the molecule is N#CCCN(CCN1CCOCC1)Cc1cc(=O)oc2cc(Br)ccc12. The Labute approximate surface area is 161 Å². The predicted molar refractivity (Wildman–Crippen MR) is 103 cm³/mol. The van der Waals surface area contributed by atoms with E-state index in [1.807, 2.05) is 18.2 Å². The quantitative estimate of drug-likeness (QED) is 0.642. The fraction of sp³-hybridized carbons (Fsp3) is 0.474. The molecule has 1 fully saturated rings. The molecular weight excluding hydrogens is 398 g/mol. The fourth-order valence-electron chi connectivity index (χ4n) is 3.16. The van der Waals surface area contributed by atoms with Gasteiger partial charge in [-0.15, -0.1) is 0 Å². The van der Waals surface area contributed by atoms with Crippen molar-refractivity contribution in [2.45, 2.75) is 13.0 Å². The van der Waals surface area contributed by atoms with Crippen LogP contribution in [0, 0.1) is 11.3 Å². The van der Waals surface area contributed by atoms with Crippen LogP contribution in [-0.2, 0) is 11.3 Å². The maximum Gasteiger partial charge on any atom is 0.336 e. The van der Waals surface area contributed by atoms with Gasteiger partial charge in [0.05, 0.1) is 19.3 Å². The molecule has 1 aromatic heterocycles. The summed E-state index contributed by atoms with van der Waals surface area (Å²) < 4.78 is 11.6. The Hall–Kier alpha value is -1.72. The zero-order chi connectivity index (χ0) is 18.4. The largest absolute Gasteiger partial charge is 0.423 e. The van der Waals surface area contributed by atoms with Gasteiger partial charge >= 0.3 is 5.63 Å². The number of fused-ring (bicyclic) bond motifs is 1. The van der Waals surface area contributed by atoms with Crippen molar-refractivity contribution in [3.63, 3.8) is 0 Å². The van der Waals surface area contributed by atoms with Crippen LogP contribution < -0.4 is 5.63 Å². The second-order valence-corrected chi connectivity index (χ2v) is 7.29. The highest BCUT2D eigenvalue weighted by Gasteiger charge is 2.15. The summed E-state index contributed by atoms with van der Waals surface area (Å²) >= 11 is 3.41. The van der Waals surface area contributed by atoms with Crippen LogP contribution in [0.1, 0.15) is 12.0 Å².